The van der Waals surface area contributed by atoms with Crippen LogP contribution in [-0.2, 0) is 0 Å². The topological polar surface area (TPSA) is 12.9 Å². The number of benzene rings is 1. The third-order valence-electron chi connectivity index (χ3n) is 2.85. The van der Waals surface area contributed by atoms with E-state index in [1.165, 1.54) is 0 Å². The van der Waals surface area contributed by atoms with Crippen LogP contribution in [0.5, 0.6) is 0 Å². The average molecular weight is 392 g/mol. The average Bonchev–Trinajstić information content (AvgIpc) is 2.41. The Kier molecular flexibility index (Phi) is 4.87. The van der Waals surface area contributed by atoms with Gasteiger partial charge in [0.05, 0.1) is 5.38 Å². The molecule has 0 radical (unpaired) electrons. The van der Waals surface area contributed by atoms with Crippen LogP contribution in [-0.4, -0.2) is 4.98 Å². The Bertz CT molecular complexity index is 531. The van der Waals surface area contributed by atoms with Crippen molar-refractivity contribution >= 4 is 45.8 Å². The summed E-state index contributed by atoms with van der Waals surface area (Å²) < 4.78 is 1.12. The summed E-state index contributed by atoms with van der Waals surface area (Å²) in [5.41, 5.74) is 2.05. The van der Waals surface area contributed by atoms with Crippen LogP contribution in [0.3, 0.4) is 0 Å². The van der Waals surface area contributed by atoms with Gasteiger partial charge < -0.3 is 0 Å². The summed E-state index contributed by atoms with van der Waals surface area (Å²) >= 11 is 14.9. The Balaban J connectivity index is 2.31. The molecule has 1 aromatic carbocycles. The molecule has 1 aromatic heterocycles. The van der Waals surface area contributed by atoms with Gasteiger partial charge in [-0.2, -0.15) is 0 Å². The van der Waals surface area contributed by atoms with E-state index in [2.05, 4.69) is 34.5 Å². The normalized spacial score (nSPS) is 14.2. The zero-order valence-corrected chi connectivity index (χ0v) is 13.4. The molecule has 0 saturated heterocycles. The number of aromatic nitrogens is 1. The van der Waals surface area contributed by atoms with Gasteiger partial charge in [-0.15, -0.1) is 11.6 Å². The van der Waals surface area contributed by atoms with Crippen molar-refractivity contribution in [1.82, 2.24) is 4.98 Å². The molecule has 2 rings (SSSR count). The maximum atomic E-state index is 6.57. The van der Waals surface area contributed by atoms with Crippen molar-refractivity contribution in [2.24, 2.45) is 0 Å². The van der Waals surface area contributed by atoms with Crippen LogP contribution in [0.2, 0.25) is 5.02 Å². The van der Waals surface area contributed by atoms with E-state index in [0.717, 1.165) is 14.8 Å². The third kappa shape index (κ3) is 3.16. The Morgan fingerprint density at radius 3 is 2.67 bits per heavy atom. The zero-order valence-electron chi connectivity index (χ0n) is 9.78. The van der Waals surface area contributed by atoms with Gasteiger partial charge in [0.25, 0.3) is 0 Å². The predicted octanol–water partition coefficient (Wildman–Crippen LogP) is 5.42. The van der Waals surface area contributed by atoms with Crippen molar-refractivity contribution in [1.29, 1.82) is 0 Å². The highest BCUT2D eigenvalue weighted by molar-refractivity contribution is 14.1. The van der Waals surface area contributed by atoms with Crippen molar-refractivity contribution in [3.8, 4) is 0 Å². The van der Waals surface area contributed by atoms with E-state index in [-0.39, 0.29) is 11.3 Å². The highest BCUT2D eigenvalue weighted by Gasteiger charge is 2.21. The molecule has 4 heteroatoms. The molecule has 0 aliphatic heterocycles. The summed E-state index contributed by atoms with van der Waals surface area (Å²) in [7, 11) is 0. The maximum absolute atomic E-state index is 6.57. The molecule has 2 aromatic rings. The van der Waals surface area contributed by atoms with E-state index in [1.807, 2.05) is 36.4 Å². The summed E-state index contributed by atoms with van der Waals surface area (Å²) in [6.45, 7) is 2.08. The van der Waals surface area contributed by atoms with Gasteiger partial charge in [0.2, 0.25) is 0 Å². The molecule has 2 atom stereocenters. The SMILES string of the molecule is CC(c1ccccn1)C(Cl)c1cc(Cl)ccc1I. The summed E-state index contributed by atoms with van der Waals surface area (Å²) in [5, 5.41) is 0.579. The van der Waals surface area contributed by atoms with E-state index in [1.54, 1.807) is 6.20 Å². The minimum absolute atomic E-state index is 0.134. The minimum atomic E-state index is -0.134. The molecule has 0 bridgehead atoms. The molecule has 0 aliphatic rings. The Morgan fingerprint density at radius 2 is 2.00 bits per heavy atom. The summed E-state index contributed by atoms with van der Waals surface area (Å²) in [5.74, 6) is 0.139. The quantitative estimate of drug-likeness (QED) is 0.502. The fraction of sp³-hybridized carbons (Fsp3) is 0.214. The second-order valence-corrected chi connectivity index (χ2v) is 6.18. The van der Waals surface area contributed by atoms with Crippen LogP contribution in [0.1, 0.15) is 29.5 Å². The summed E-state index contributed by atoms with van der Waals surface area (Å²) in [6.07, 6.45) is 1.79. The van der Waals surface area contributed by atoms with Crippen molar-refractivity contribution in [2.45, 2.75) is 18.2 Å². The summed E-state index contributed by atoms with van der Waals surface area (Å²) in [4.78, 5) is 4.36. The fourth-order valence-corrected chi connectivity index (χ4v) is 3.14. The van der Waals surface area contributed by atoms with Crippen LogP contribution in [0.25, 0.3) is 0 Å². The van der Waals surface area contributed by atoms with Gasteiger partial charge in [-0.05, 0) is 58.5 Å². The smallest absolute Gasteiger partial charge is 0.0676 e. The number of nitrogens with zero attached hydrogens (tertiary/aromatic N) is 1. The lowest BCUT2D eigenvalue weighted by molar-refractivity contribution is 0.704. The second-order valence-electron chi connectivity index (χ2n) is 4.11. The van der Waals surface area contributed by atoms with Crippen LogP contribution >= 0.6 is 45.8 Å². The number of pyridine rings is 1. The fourth-order valence-electron chi connectivity index (χ4n) is 1.79. The first-order valence-corrected chi connectivity index (χ1v) is 7.49. The molecule has 1 heterocycles. The largest absolute Gasteiger partial charge is 0.261 e. The Hall–Kier alpha value is -0.320. The molecule has 0 aliphatic carbocycles. The highest BCUT2D eigenvalue weighted by atomic mass is 127. The monoisotopic (exact) mass is 391 g/mol. The number of hydrogen-bond acceptors (Lipinski definition) is 1. The van der Waals surface area contributed by atoms with Crippen LogP contribution < -0.4 is 0 Å². The number of rotatable bonds is 3. The second kappa shape index (κ2) is 6.22. The Labute approximate surface area is 131 Å². The molecular formula is C14H12Cl2IN. The third-order valence-corrected chi connectivity index (χ3v) is 4.68. The van der Waals surface area contributed by atoms with E-state index in [0.29, 0.717) is 5.02 Å². The minimum Gasteiger partial charge on any atom is -0.261 e. The molecule has 18 heavy (non-hydrogen) atoms. The predicted molar refractivity (Wildman–Crippen MR) is 85.4 cm³/mol. The van der Waals surface area contributed by atoms with Gasteiger partial charge in [-0.1, -0.05) is 24.6 Å². The lowest BCUT2D eigenvalue weighted by atomic mass is 9.97. The first-order chi connectivity index (χ1) is 8.59. The number of hydrogen-bond donors (Lipinski definition) is 0. The van der Waals surface area contributed by atoms with Gasteiger partial charge in [0, 0.05) is 26.4 Å². The van der Waals surface area contributed by atoms with Gasteiger partial charge in [0.1, 0.15) is 0 Å². The molecule has 0 spiro atoms. The van der Waals surface area contributed by atoms with Gasteiger partial charge in [-0.25, -0.2) is 0 Å². The Morgan fingerprint density at radius 1 is 1.22 bits per heavy atom. The van der Waals surface area contributed by atoms with Crippen molar-refractivity contribution in [2.75, 3.05) is 0 Å². The maximum Gasteiger partial charge on any atom is 0.0676 e. The first-order valence-electron chi connectivity index (χ1n) is 5.59. The van der Waals surface area contributed by atoms with Gasteiger partial charge in [0.15, 0.2) is 0 Å². The zero-order chi connectivity index (χ0) is 13.1. The van der Waals surface area contributed by atoms with Crippen LogP contribution in [0.4, 0.5) is 0 Å². The standard InChI is InChI=1S/C14H12Cl2IN/c1-9(13-4-2-3-7-18-13)14(16)11-8-10(15)5-6-12(11)17/h2-9,14H,1H3. The van der Waals surface area contributed by atoms with E-state index >= 15 is 0 Å². The van der Waals surface area contributed by atoms with E-state index < -0.39 is 0 Å². The molecule has 0 fully saturated rings. The number of halogens is 3. The first kappa shape index (κ1) is 14.1. The lowest BCUT2D eigenvalue weighted by Gasteiger charge is -2.19. The van der Waals surface area contributed by atoms with Crippen molar-refractivity contribution < 1.29 is 0 Å². The lowest BCUT2D eigenvalue weighted by Crippen LogP contribution is -2.06. The summed E-state index contributed by atoms with van der Waals surface area (Å²) in [6, 6.07) is 11.7. The molecule has 0 N–H and O–H groups in total. The number of alkyl halides is 1. The molecular weight excluding hydrogens is 380 g/mol. The molecule has 94 valence electrons. The van der Waals surface area contributed by atoms with Crippen LogP contribution in [0, 0.1) is 3.57 Å². The highest BCUT2D eigenvalue weighted by Crippen LogP contribution is 2.38. The van der Waals surface area contributed by atoms with E-state index in [4.69, 9.17) is 23.2 Å². The van der Waals surface area contributed by atoms with Gasteiger partial charge >= 0.3 is 0 Å². The van der Waals surface area contributed by atoms with E-state index in [9.17, 15) is 0 Å². The van der Waals surface area contributed by atoms with Crippen molar-refractivity contribution in [3.63, 3.8) is 0 Å². The molecule has 0 amide bonds. The van der Waals surface area contributed by atoms with Crippen molar-refractivity contribution in [3.05, 3.63) is 62.4 Å². The van der Waals surface area contributed by atoms with Gasteiger partial charge in [-0.3, -0.25) is 4.98 Å². The molecule has 1 nitrogen and oxygen atoms in total. The van der Waals surface area contributed by atoms with Crippen LogP contribution in [0.15, 0.2) is 42.6 Å². The molecule has 0 saturated carbocycles. The molecule has 2 unspecified atom stereocenters.